The van der Waals surface area contributed by atoms with E-state index in [1.807, 2.05) is 52.4 Å². The van der Waals surface area contributed by atoms with Crippen molar-refractivity contribution in [3.05, 3.63) is 72.3 Å². The Morgan fingerprint density at radius 2 is 1.91 bits per heavy atom. The number of H-pyrrole nitrogens is 1. The van der Waals surface area contributed by atoms with Crippen LogP contribution in [0.15, 0.2) is 61.2 Å². The number of nitrogens with zero attached hydrogens (tertiary/aromatic N) is 4. The standard InChI is InChI=1S/C25H21N5O2/c1-15(31)29-13-17-9-21(24(32-2)11-18(17)14-29)22-12-28-30-8-5-16(10-23(22)30)19-3-6-26-25-20(19)4-7-27-25/h3-12H,13-14H2,1-2H3,(H,26,27). The summed E-state index contributed by atoms with van der Waals surface area (Å²) in [6.45, 7) is 2.85. The van der Waals surface area contributed by atoms with Gasteiger partial charge in [0, 0.05) is 55.1 Å². The molecule has 5 heterocycles. The van der Waals surface area contributed by atoms with Gasteiger partial charge in [-0.05, 0) is 58.7 Å². The van der Waals surface area contributed by atoms with E-state index in [1.54, 1.807) is 14.0 Å². The van der Waals surface area contributed by atoms with E-state index in [2.05, 4.69) is 33.3 Å². The average molecular weight is 423 g/mol. The highest BCUT2D eigenvalue weighted by molar-refractivity contribution is 5.95. The van der Waals surface area contributed by atoms with Gasteiger partial charge in [-0.25, -0.2) is 9.50 Å². The van der Waals surface area contributed by atoms with Gasteiger partial charge in [-0.2, -0.15) is 5.10 Å². The van der Waals surface area contributed by atoms with Gasteiger partial charge < -0.3 is 14.6 Å². The first-order valence-electron chi connectivity index (χ1n) is 10.5. The number of methoxy groups -OCH3 is 1. The molecule has 0 atom stereocenters. The van der Waals surface area contributed by atoms with Crippen molar-refractivity contribution in [2.24, 2.45) is 0 Å². The Bertz CT molecular complexity index is 1510. The minimum atomic E-state index is 0.0794. The molecule has 0 unspecified atom stereocenters. The smallest absolute Gasteiger partial charge is 0.220 e. The lowest BCUT2D eigenvalue weighted by atomic mass is 9.98. The number of rotatable bonds is 3. The van der Waals surface area contributed by atoms with Gasteiger partial charge in [0.1, 0.15) is 11.4 Å². The fourth-order valence-corrected chi connectivity index (χ4v) is 4.60. The van der Waals surface area contributed by atoms with Crippen molar-refractivity contribution < 1.29 is 9.53 Å². The molecule has 1 aliphatic rings. The SMILES string of the molecule is COc1cc2c(cc1-c1cnn3ccc(-c4ccnc5[nH]ccc45)cc13)CN(C(C)=O)C2. The summed E-state index contributed by atoms with van der Waals surface area (Å²) in [5, 5.41) is 5.65. The Labute approximate surface area is 184 Å². The third kappa shape index (κ3) is 2.78. The van der Waals surface area contributed by atoms with Crippen LogP contribution >= 0.6 is 0 Å². The van der Waals surface area contributed by atoms with E-state index in [-0.39, 0.29) is 5.91 Å². The second kappa shape index (κ2) is 6.95. The van der Waals surface area contributed by atoms with Crippen LogP contribution in [0.5, 0.6) is 5.75 Å². The van der Waals surface area contributed by atoms with Gasteiger partial charge in [-0.1, -0.05) is 0 Å². The number of aromatic nitrogens is 4. The minimum absolute atomic E-state index is 0.0794. The number of fused-ring (bicyclic) bond motifs is 3. The Morgan fingerprint density at radius 3 is 2.72 bits per heavy atom. The maximum Gasteiger partial charge on any atom is 0.220 e. The average Bonchev–Trinajstić information content (AvgIpc) is 3.54. The lowest BCUT2D eigenvalue weighted by Gasteiger charge is -2.11. The first-order chi connectivity index (χ1) is 15.6. The fourth-order valence-electron chi connectivity index (χ4n) is 4.60. The van der Waals surface area contributed by atoms with Gasteiger partial charge in [0.05, 0.1) is 18.8 Å². The van der Waals surface area contributed by atoms with Crippen molar-refractivity contribution in [2.45, 2.75) is 20.0 Å². The summed E-state index contributed by atoms with van der Waals surface area (Å²) in [6.07, 6.45) is 7.58. The van der Waals surface area contributed by atoms with Crippen LogP contribution in [-0.4, -0.2) is 37.5 Å². The number of ether oxygens (including phenoxy) is 1. The summed E-state index contributed by atoms with van der Waals surface area (Å²) in [5.74, 6) is 0.863. The number of carbonyl (C=O) groups is 1. The van der Waals surface area contributed by atoms with Crippen molar-refractivity contribution in [1.82, 2.24) is 24.5 Å². The topological polar surface area (TPSA) is 75.5 Å². The predicted octanol–water partition coefficient (Wildman–Crippen LogP) is 4.42. The molecule has 7 heteroatoms. The molecule has 0 spiro atoms. The summed E-state index contributed by atoms with van der Waals surface area (Å²) < 4.78 is 7.63. The molecule has 32 heavy (non-hydrogen) atoms. The summed E-state index contributed by atoms with van der Waals surface area (Å²) in [7, 11) is 1.68. The molecule has 0 aliphatic carbocycles. The third-order valence-electron chi connectivity index (χ3n) is 6.27. The molecular formula is C25H21N5O2. The normalized spacial score (nSPS) is 13.1. The quantitative estimate of drug-likeness (QED) is 0.466. The Hall–Kier alpha value is -4.13. The number of nitrogens with one attached hydrogen (secondary N) is 1. The second-order valence-electron chi connectivity index (χ2n) is 8.10. The summed E-state index contributed by atoms with van der Waals surface area (Å²) in [4.78, 5) is 21.3. The third-order valence-corrected chi connectivity index (χ3v) is 6.27. The van der Waals surface area contributed by atoms with Crippen molar-refractivity contribution >= 4 is 22.5 Å². The van der Waals surface area contributed by atoms with Crippen LogP contribution in [0.1, 0.15) is 18.1 Å². The van der Waals surface area contributed by atoms with E-state index >= 15 is 0 Å². The molecule has 1 aromatic carbocycles. The molecule has 1 N–H and O–H groups in total. The molecular weight excluding hydrogens is 402 g/mol. The van der Waals surface area contributed by atoms with E-state index in [9.17, 15) is 4.79 Å². The van der Waals surface area contributed by atoms with E-state index in [0.717, 1.165) is 55.7 Å². The van der Waals surface area contributed by atoms with E-state index in [1.165, 1.54) is 0 Å². The zero-order chi connectivity index (χ0) is 21.8. The van der Waals surface area contributed by atoms with Gasteiger partial charge >= 0.3 is 0 Å². The minimum Gasteiger partial charge on any atom is -0.496 e. The molecule has 158 valence electrons. The van der Waals surface area contributed by atoms with Gasteiger partial charge in [0.25, 0.3) is 0 Å². The summed E-state index contributed by atoms with van der Waals surface area (Å²) >= 11 is 0. The molecule has 0 bridgehead atoms. The molecule has 6 rings (SSSR count). The van der Waals surface area contributed by atoms with Crippen LogP contribution < -0.4 is 4.74 Å². The number of pyridine rings is 2. The van der Waals surface area contributed by atoms with E-state index in [0.29, 0.717) is 13.1 Å². The van der Waals surface area contributed by atoms with E-state index in [4.69, 9.17) is 4.74 Å². The van der Waals surface area contributed by atoms with E-state index < -0.39 is 0 Å². The largest absolute Gasteiger partial charge is 0.496 e. The van der Waals surface area contributed by atoms with Gasteiger partial charge in [-0.3, -0.25) is 4.79 Å². The maximum absolute atomic E-state index is 11.9. The molecule has 0 fully saturated rings. The Kier molecular flexibility index (Phi) is 4.04. The molecule has 0 saturated heterocycles. The number of carbonyl (C=O) groups excluding carboxylic acids is 1. The van der Waals surface area contributed by atoms with Crippen LogP contribution in [0.25, 0.3) is 38.8 Å². The van der Waals surface area contributed by atoms with Gasteiger partial charge in [0.15, 0.2) is 0 Å². The molecule has 7 nitrogen and oxygen atoms in total. The zero-order valence-electron chi connectivity index (χ0n) is 17.8. The van der Waals surface area contributed by atoms with Crippen LogP contribution in [0.2, 0.25) is 0 Å². The van der Waals surface area contributed by atoms with Crippen molar-refractivity contribution in [3.8, 4) is 28.0 Å². The Morgan fingerprint density at radius 1 is 1.06 bits per heavy atom. The monoisotopic (exact) mass is 423 g/mol. The lowest BCUT2D eigenvalue weighted by molar-refractivity contribution is -0.129. The molecule has 4 aromatic heterocycles. The molecule has 1 aliphatic heterocycles. The number of amides is 1. The second-order valence-corrected chi connectivity index (χ2v) is 8.10. The summed E-state index contributed by atoms with van der Waals surface area (Å²) in [6, 6.07) is 12.5. The highest BCUT2D eigenvalue weighted by atomic mass is 16.5. The van der Waals surface area contributed by atoms with Crippen molar-refractivity contribution in [1.29, 1.82) is 0 Å². The first kappa shape index (κ1) is 18.6. The number of hydrogen-bond acceptors (Lipinski definition) is 4. The van der Waals surface area contributed by atoms with Crippen LogP contribution in [0.3, 0.4) is 0 Å². The number of hydrogen-bond donors (Lipinski definition) is 1. The Balaban J connectivity index is 1.51. The van der Waals surface area contributed by atoms with Crippen LogP contribution in [0, 0.1) is 0 Å². The molecule has 5 aromatic rings. The van der Waals surface area contributed by atoms with Gasteiger partial charge in [0.2, 0.25) is 5.91 Å². The molecule has 1 amide bonds. The van der Waals surface area contributed by atoms with Crippen LogP contribution in [0.4, 0.5) is 0 Å². The van der Waals surface area contributed by atoms with Crippen LogP contribution in [-0.2, 0) is 17.9 Å². The van der Waals surface area contributed by atoms with Crippen molar-refractivity contribution in [3.63, 3.8) is 0 Å². The zero-order valence-corrected chi connectivity index (χ0v) is 17.8. The van der Waals surface area contributed by atoms with Gasteiger partial charge in [-0.15, -0.1) is 0 Å². The predicted molar refractivity (Wildman–Crippen MR) is 122 cm³/mol. The fraction of sp³-hybridized carbons (Fsp3) is 0.160. The molecule has 0 saturated carbocycles. The number of benzene rings is 1. The lowest BCUT2D eigenvalue weighted by Crippen LogP contribution is -2.21. The highest BCUT2D eigenvalue weighted by Gasteiger charge is 2.24. The summed E-state index contributed by atoms with van der Waals surface area (Å²) in [5.41, 5.74) is 8.31. The molecule has 0 radical (unpaired) electrons. The first-order valence-corrected chi connectivity index (χ1v) is 10.5. The number of aromatic amines is 1. The highest BCUT2D eigenvalue weighted by Crippen LogP contribution is 2.39. The van der Waals surface area contributed by atoms with Crippen molar-refractivity contribution in [2.75, 3.05) is 7.11 Å². The maximum atomic E-state index is 11.9.